The van der Waals surface area contributed by atoms with E-state index in [1.165, 1.54) is 46.2 Å². The molecule has 0 saturated heterocycles. The molecule has 0 unspecified atom stereocenters. The summed E-state index contributed by atoms with van der Waals surface area (Å²) in [6.07, 6.45) is 0. The van der Waals surface area contributed by atoms with E-state index >= 15 is 0 Å². The average molecular weight is 657 g/mol. The zero-order valence-corrected chi connectivity index (χ0v) is 28.7. The zero-order valence-electron chi connectivity index (χ0n) is 28.7. The minimum atomic E-state index is -0.267. The van der Waals surface area contributed by atoms with Gasteiger partial charge in [-0.2, -0.15) is 0 Å². The third-order valence-electron chi connectivity index (χ3n) is 9.91. The lowest BCUT2D eigenvalue weighted by molar-refractivity contribution is 0.627. The quantitative estimate of drug-likeness (QED) is 0.150. The van der Waals surface area contributed by atoms with E-state index < -0.39 is 0 Å². The van der Waals surface area contributed by atoms with Gasteiger partial charge in [0.05, 0.1) is 11.4 Å². The monoisotopic (exact) mass is 656 g/mol. The normalized spacial score (nSPS) is 11.8. The first-order valence-corrected chi connectivity index (χ1v) is 17.3. The molecule has 50 heavy (non-hydrogen) atoms. The Morgan fingerprint density at radius 1 is 0.360 bits per heavy atom. The maximum absolute atomic E-state index is 14.2. The number of hydrogen-bond acceptors (Lipinski definition) is 2. The number of hydrogen-bond donors (Lipinski definition) is 0. The van der Waals surface area contributed by atoms with Crippen LogP contribution in [0.5, 0.6) is 0 Å². The van der Waals surface area contributed by atoms with E-state index in [1.54, 1.807) is 0 Å². The van der Waals surface area contributed by atoms with Gasteiger partial charge in [-0.05, 0) is 129 Å². The lowest BCUT2D eigenvalue weighted by Crippen LogP contribution is -2.11. The molecule has 2 nitrogen and oxygen atoms in total. The van der Waals surface area contributed by atoms with Gasteiger partial charge in [0.15, 0.2) is 0 Å². The molecule has 8 aromatic carbocycles. The molecule has 0 N–H and O–H groups in total. The van der Waals surface area contributed by atoms with E-state index in [9.17, 15) is 8.78 Å². The molecule has 0 atom stereocenters. The Morgan fingerprint density at radius 2 is 0.660 bits per heavy atom. The van der Waals surface area contributed by atoms with Crippen LogP contribution in [0.15, 0.2) is 146 Å². The fourth-order valence-corrected chi connectivity index (χ4v) is 7.21. The zero-order chi connectivity index (χ0) is 34.5. The lowest BCUT2D eigenvalue weighted by atomic mass is 9.91. The van der Waals surface area contributed by atoms with Gasteiger partial charge >= 0.3 is 0 Å². The predicted molar refractivity (Wildman–Crippen MR) is 208 cm³/mol. The van der Waals surface area contributed by atoms with Gasteiger partial charge in [-0.15, -0.1) is 0 Å². The molecule has 0 amide bonds. The summed E-state index contributed by atoms with van der Waals surface area (Å²) in [6.45, 7) is 8.78. The number of rotatable bonds is 8. The number of anilines is 6. The van der Waals surface area contributed by atoms with Gasteiger partial charge < -0.3 is 9.80 Å². The molecule has 0 radical (unpaired) electrons. The first kappa shape index (κ1) is 31.5. The second-order valence-corrected chi connectivity index (χ2v) is 13.7. The van der Waals surface area contributed by atoms with E-state index in [-0.39, 0.29) is 11.6 Å². The molecule has 8 rings (SSSR count). The molecule has 0 bridgehead atoms. The Kier molecular flexibility index (Phi) is 7.95. The van der Waals surface area contributed by atoms with E-state index in [2.05, 4.69) is 135 Å². The number of halogens is 2. The highest BCUT2D eigenvalue weighted by Gasteiger charge is 2.22. The van der Waals surface area contributed by atoms with E-state index in [1.807, 2.05) is 24.3 Å². The van der Waals surface area contributed by atoms with Crippen molar-refractivity contribution in [2.45, 2.75) is 39.5 Å². The number of nitrogens with zero attached hydrogens (tertiary/aromatic N) is 2. The molecular formula is C46H38F2N2. The van der Waals surface area contributed by atoms with Gasteiger partial charge in [-0.25, -0.2) is 8.78 Å². The van der Waals surface area contributed by atoms with Crippen molar-refractivity contribution in [1.82, 2.24) is 0 Å². The van der Waals surface area contributed by atoms with Crippen LogP contribution in [-0.2, 0) is 0 Å². The molecule has 0 aliphatic rings. The molecule has 0 aliphatic carbocycles. The minimum absolute atomic E-state index is 0.267. The topological polar surface area (TPSA) is 6.48 Å². The molecule has 246 valence electrons. The van der Waals surface area contributed by atoms with Crippen molar-refractivity contribution in [3.05, 3.63) is 168 Å². The summed E-state index contributed by atoms with van der Waals surface area (Å²) in [5, 5.41) is 6.82. The van der Waals surface area contributed by atoms with Crippen LogP contribution >= 0.6 is 0 Å². The minimum Gasteiger partial charge on any atom is -0.310 e. The van der Waals surface area contributed by atoms with Crippen LogP contribution in [0.2, 0.25) is 0 Å². The summed E-state index contributed by atoms with van der Waals surface area (Å²) in [5.41, 5.74) is 8.33. The maximum Gasteiger partial charge on any atom is 0.123 e. The van der Waals surface area contributed by atoms with Gasteiger partial charge in [-0.3, -0.25) is 0 Å². The second kappa shape index (κ2) is 12.6. The molecule has 4 heteroatoms. The fourth-order valence-electron chi connectivity index (χ4n) is 7.21. The molecule has 0 fully saturated rings. The van der Waals surface area contributed by atoms with Crippen molar-refractivity contribution in [2.75, 3.05) is 9.80 Å². The van der Waals surface area contributed by atoms with Crippen LogP contribution in [0.4, 0.5) is 42.9 Å². The SMILES string of the molecule is CC(C)c1ccc(N(c2ccc(F)cc2)c2ccc3ccc4c(N(c5ccc(F)cc5)c5ccc(C(C)C)cc5)ccc5ccc2c3c54)cc1. The highest BCUT2D eigenvalue weighted by molar-refractivity contribution is 6.28. The maximum atomic E-state index is 14.2. The summed E-state index contributed by atoms with van der Waals surface area (Å²) in [5.74, 6) is 0.289. The lowest BCUT2D eigenvalue weighted by Gasteiger charge is -2.29. The molecule has 0 spiro atoms. The van der Waals surface area contributed by atoms with Gasteiger partial charge in [0.25, 0.3) is 0 Å². The van der Waals surface area contributed by atoms with Gasteiger partial charge in [-0.1, -0.05) is 88.4 Å². The average Bonchev–Trinajstić information content (AvgIpc) is 3.13. The fraction of sp³-hybridized carbons (Fsp3) is 0.130. The summed E-state index contributed by atoms with van der Waals surface area (Å²) in [6, 6.07) is 48.3. The summed E-state index contributed by atoms with van der Waals surface area (Å²) in [4.78, 5) is 4.44. The molecule has 0 heterocycles. The van der Waals surface area contributed by atoms with Crippen molar-refractivity contribution >= 4 is 66.4 Å². The largest absolute Gasteiger partial charge is 0.310 e. The Bertz CT molecular complexity index is 2250. The van der Waals surface area contributed by atoms with Crippen LogP contribution in [-0.4, -0.2) is 0 Å². The molecule has 8 aromatic rings. The van der Waals surface area contributed by atoms with Crippen molar-refractivity contribution in [3.63, 3.8) is 0 Å². The van der Waals surface area contributed by atoms with E-state index in [0.29, 0.717) is 11.8 Å². The van der Waals surface area contributed by atoms with Gasteiger partial charge in [0.1, 0.15) is 11.6 Å². The Labute approximate surface area is 292 Å². The highest BCUT2D eigenvalue weighted by Crippen LogP contribution is 2.47. The van der Waals surface area contributed by atoms with Gasteiger partial charge in [0, 0.05) is 33.5 Å². The Hall–Kier alpha value is -5.74. The van der Waals surface area contributed by atoms with Crippen LogP contribution in [0, 0.1) is 11.6 Å². The summed E-state index contributed by atoms with van der Waals surface area (Å²) in [7, 11) is 0. The first-order chi connectivity index (χ1) is 24.3. The number of benzene rings is 8. The van der Waals surface area contributed by atoms with Crippen LogP contribution in [0.25, 0.3) is 32.3 Å². The molecule has 0 aromatic heterocycles. The van der Waals surface area contributed by atoms with Crippen molar-refractivity contribution in [3.8, 4) is 0 Å². The van der Waals surface area contributed by atoms with Crippen molar-refractivity contribution in [1.29, 1.82) is 0 Å². The smallest absolute Gasteiger partial charge is 0.123 e. The predicted octanol–water partition coefficient (Wildman–Crippen LogP) is 14.0. The van der Waals surface area contributed by atoms with Crippen LogP contribution < -0.4 is 9.80 Å². The third kappa shape index (κ3) is 5.51. The van der Waals surface area contributed by atoms with Gasteiger partial charge in [0.2, 0.25) is 0 Å². The first-order valence-electron chi connectivity index (χ1n) is 17.3. The molecule has 0 saturated carbocycles. The second-order valence-electron chi connectivity index (χ2n) is 13.7. The van der Waals surface area contributed by atoms with Crippen molar-refractivity contribution in [2.24, 2.45) is 0 Å². The van der Waals surface area contributed by atoms with E-state index in [4.69, 9.17) is 0 Å². The summed E-state index contributed by atoms with van der Waals surface area (Å²) < 4.78 is 28.4. The van der Waals surface area contributed by atoms with E-state index in [0.717, 1.165) is 55.7 Å². The Morgan fingerprint density at radius 3 is 0.980 bits per heavy atom. The van der Waals surface area contributed by atoms with Crippen LogP contribution in [0.1, 0.15) is 50.7 Å². The third-order valence-corrected chi connectivity index (χ3v) is 9.91. The molecule has 0 aliphatic heterocycles. The molecular weight excluding hydrogens is 619 g/mol. The summed E-state index contributed by atoms with van der Waals surface area (Å²) >= 11 is 0. The Balaban J connectivity index is 1.37. The highest BCUT2D eigenvalue weighted by atomic mass is 19.1. The van der Waals surface area contributed by atoms with Crippen molar-refractivity contribution < 1.29 is 8.78 Å². The standard InChI is InChI=1S/C46H38F2N2/c1-29(2)31-5-17-37(18-6-31)49(39-21-13-35(47)14-22-39)43-27-11-33-10-26-42-44(28-12-34-9-25-41(43)45(33)46(34)42)50(40-23-15-36(48)16-24-40)38-19-7-32(8-20-38)30(3)4/h5-30H,1-4H3. The van der Waals surface area contributed by atoms with Crippen LogP contribution in [0.3, 0.4) is 0 Å².